The summed E-state index contributed by atoms with van der Waals surface area (Å²) in [4.78, 5) is 18.7. The van der Waals surface area contributed by atoms with Gasteiger partial charge in [0.2, 0.25) is 0 Å². The Morgan fingerprint density at radius 1 is 1.13 bits per heavy atom. The van der Waals surface area contributed by atoms with Crippen molar-refractivity contribution in [3.8, 4) is 22.6 Å². The van der Waals surface area contributed by atoms with Crippen molar-refractivity contribution in [1.29, 1.82) is 0 Å². The SMILES string of the molecule is COc1cc(-c2cccnc2)cc2c1OCCN(C(=O)c1ccc(C(F)(F)F)cc1)C2. The van der Waals surface area contributed by atoms with Gasteiger partial charge in [0.15, 0.2) is 11.5 Å². The number of carbonyl (C=O) groups excluding carboxylic acids is 1. The molecule has 2 heterocycles. The monoisotopic (exact) mass is 428 g/mol. The average molecular weight is 428 g/mol. The number of carbonyl (C=O) groups is 1. The van der Waals surface area contributed by atoms with Crippen molar-refractivity contribution in [1.82, 2.24) is 9.88 Å². The molecule has 0 spiro atoms. The molecule has 0 atom stereocenters. The molecule has 1 aliphatic rings. The van der Waals surface area contributed by atoms with E-state index in [0.29, 0.717) is 18.0 Å². The van der Waals surface area contributed by atoms with Crippen LogP contribution in [0.15, 0.2) is 60.9 Å². The molecule has 0 saturated carbocycles. The van der Waals surface area contributed by atoms with E-state index in [1.807, 2.05) is 24.3 Å². The molecule has 0 saturated heterocycles. The van der Waals surface area contributed by atoms with Crippen molar-refractivity contribution in [2.45, 2.75) is 12.7 Å². The van der Waals surface area contributed by atoms with Gasteiger partial charge in [0, 0.05) is 35.6 Å². The van der Waals surface area contributed by atoms with Crippen molar-refractivity contribution in [2.24, 2.45) is 0 Å². The maximum atomic E-state index is 13.0. The van der Waals surface area contributed by atoms with Crippen molar-refractivity contribution in [3.63, 3.8) is 0 Å². The fourth-order valence-electron chi connectivity index (χ4n) is 3.49. The van der Waals surface area contributed by atoms with Gasteiger partial charge in [0.1, 0.15) is 6.61 Å². The molecule has 5 nitrogen and oxygen atoms in total. The van der Waals surface area contributed by atoms with E-state index >= 15 is 0 Å². The Bertz CT molecular complexity index is 1080. The number of hydrogen-bond donors (Lipinski definition) is 0. The molecule has 3 aromatic rings. The molecule has 0 N–H and O–H groups in total. The Labute approximate surface area is 177 Å². The van der Waals surface area contributed by atoms with Crippen LogP contribution < -0.4 is 9.47 Å². The molecule has 2 aromatic carbocycles. The third-order valence-corrected chi connectivity index (χ3v) is 5.06. The molecule has 1 aliphatic heterocycles. The third-order valence-electron chi connectivity index (χ3n) is 5.06. The van der Waals surface area contributed by atoms with Gasteiger partial charge in [-0.1, -0.05) is 6.07 Å². The molecule has 0 unspecified atom stereocenters. The summed E-state index contributed by atoms with van der Waals surface area (Å²) >= 11 is 0. The van der Waals surface area contributed by atoms with E-state index in [0.717, 1.165) is 28.8 Å². The van der Waals surface area contributed by atoms with E-state index in [1.54, 1.807) is 24.4 Å². The zero-order valence-electron chi connectivity index (χ0n) is 16.6. The van der Waals surface area contributed by atoms with Gasteiger partial charge in [-0.3, -0.25) is 9.78 Å². The number of benzene rings is 2. The normalized spacial score (nSPS) is 13.7. The number of hydrogen-bond acceptors (Lipinski definition) is 4. The predicted octanol–water partition coefficient (Wildman–Crippen LogP) is 4.81. The van der Waals surface area contributed by atoms with Gasteiger partial charge in [-0.05, 0) is 48.0 Å². The highest BCUT2D eigenvalue weighted by Crippen LogP contribution is 2.38. The number of ether oxygens (including phenoxy) is 2. The van der Waals surface area contributed by atoms with E-state index in [-0.39, 0.29) is 24.6 Å². The first-order valence-electron chi connectivity index (χ1n) is 9.57. The maximum Gasteiger partial charge on any atom is 0.416 e. The Morgan fingerprint density at radius 3 is 2.55 bits per heavy atom. The highest BCUT2D eigenvalue weighted by atomic mass is 19.4. The molecule has 0 radical (unpaired) electrons. The van der Waals surface area contributed by atoms with Gasteiger partial charge in [0.05, 0.1) is 19.2 Å². The number of methoxy groups -OCH3 is 1. The molecule has 0 aliphatic carbocycles. The fraction of sp³-hybridized carbons (Fsp3) is 0.217. The molecular weight excluding hydrogens is 409 g/mol. The van der Waals surface area contributed by atoms with E-state index in [1.165, 1.54) is 12.1 Å². The van der Waals surface area contributed by atoms with Gasteiger partial charge < -0.3 is 14.4 Å². The van der Waals surface area contributed by atoms with Crippen LogP contribution in [0.1, 0.15) is 21.5 Å². The first-order valence-corrected chi connectivity index (χ1v) is 9.57. The summed E-state index contributed by atoms with van der Waals surface area (Å²) in [7, 11) is 1.54. The van der Waals surface area contributed by atoms with Crippen molar-refractivity contribution < 1.29 is 27.4 Å². The van der Waals surface area contributed by atoms with Crippen LogP contribution in [-0.2, 0) is 12.7 Å². The summed E-state index contributed by atoms with van der Waals surface area (Å²) in [5.41, 5.74) is 1.88. The average Bonchev–Trinajstić information content (AvgIpc) is 3.00. The van der Waals surface area contributed by atoms with E-state index in [4.69, 9.17) is 9.47 Å². The number of halogens is 3. The number of pyridine rings is 1. The number of alkyl halides is 3. The van der Waals surface area contributed by atoms with Crippen LogP contribution in [-0.4, -0.2) is 36.1 Å². The maximum absolute atomic E-state index is 13.0. The molecule has 160 valence electrons. The lowest BCUT2D eigenvalue weighted by molar-refractivity contribution is -0.137. The van der Waals surface area contributed by atoms with Gasteiger partial charge in [-0.25, -0.2) is 0 Å². The standard InChI is InChI=1S/C23H19F3N2O3/c1-30-20-12-17(16-3-2-8-27-13-16)11-18-14-28(9-10-31-21(18)20)22(29)15-4-6-19(7-5-15)23(24,25)26/h2-8,11-13H,9-10,14H2,1H3. The van der Waals surface area contributed by atoms with Crippen LogP contribution in [0.4, 0.5) is 13.2 Å². The molecule has 1 aromatic heterocycles. The Kier molecular flexibility index (Phi) is 5.54. The third kappa shape index (κ3) is 4.33. The molecule has 0 fully saturated rings. The quantitative estimate of drug-likeness (QED) is 0.601. The van der Waals surface area contributed by atoms with Crippen molar-refractivity contribution in [3.05, 3.63) is 77.6 Å². The van der Waals surface area contributed by atoms with Crippen LogP contribution in [0.25, 0.3) is 11.1 Å². The first-order chi connectivity index (χ1) is 14.9. The molecule has 4 rings (SSSR count). The molecule has 1 amide bonds. The zero-order chi connectivity index (χ0) is 22.0. The van der Waals surface area contributed by atoms with Gasteiger partial charge in [-0.2, -0.15) is 13.2 Å². The lowest BCUT2D eigenvalue weighted by Crippen LogP contribution is -2.32. The molecule has 31 heavy (non-hydrogen) atoms. The topological polar surface area (TPSA) is 51.7 Å². The van der Waals surface area contributed by atoms with Crippen LogP contribution >= 0.6 is 0 Å². The summed E-state index contributed by atoms with van der Waals surface area (Å²) in [6.07, 6.45) is -1.04. The largest absolute Gasteiger partial charge is 0.493 e. The van der Waals surface area contributed by atoms with Crippen LogP contribution in [0, 0.1) is 0 Å². The van der Waals surface area contributed by atoms with Crippen molar-refractivity contribution >= 4 is 5.91 Å². The number of fused-ring (bicyclic) bond motifs is 1. The Morgan fingerprint density at radius 2 is 1.90 bits per heavy atom. The highest BCUT2D eigenvalue weighted by molar-refractivity contribution is 5.94. The Balaban J connectivity index is 1.65. The molecule has 0 bridgehead atoms. The van der Waals surface area contributed by atoms with E-state index < -0.39 is 11.7 Å². The number of amides is 1. The van der Waals surface area contributed by atoms with E-state index in [9.17, 15) is 18.0 Å². The summed E-state index contributed by atoms with van der Waals surface area (Å²) in [5, 5.41) is 0. The summed E-state index contributed by atoms with van der Waals surface area (Å²) in [6, 6.07) is 11.7. The summed E-state index contributed by atoms with van der Waals surface area (Å²) in [5.74, 6) is 0.731. The lowest BCUT2D eigenvalue weighted by Gasteiger charge is -2.20. The minimum Gasteiger partial charge on any atom is -0.493 e. The minimum absolute atomic E-state index is 0.187. The highest BCUT2D eigenvalue weighted by Gasteiger charge is 2.31. The summed E-state index contributed by atoms with van der Waals surface area (Å²) in [6.45, 7) is 0.765. The van der Waals surface area contributed by atoms with Crippen LogP contribution in [0.2, 0.25) is 0 Å². The molecular formula is C23H19F3N2O3. The van der Waals surface area contributed by atoms with E-state index in [2.05, 4.69) is 4.98 Å². The smallest absolute Gasteiger partial charge is 0.416 e. The minimum atomic E-state index is -4.45. The zero-order valence-corrected chi connectivity index (χ0v) is 16.6. The Hall–Kier alpha value is -3.55. The van der Waals surface area contributed by atoms with Gasteiger partial charge >= 0.3 is 6.18 Å². The second kappa shape index (κ2) is 8.29. The summed E-state index contributed by atoms with van der Waals surface area (Å²) < 4.78 is 49.8. The number of aromatic nitrogens is 1. The molecule has 8 heteroatoms. The number of rotatable bonds is 3. The van der Waals surface area contributed by atoms with Crippen LogP contribution in [0.5, 0.6) is 11.5 Å². The van der Waals surface area contributed by atoms with Gasteiger partial charge in [-0.15, -0.1) is 0 Å². The first kappa shape index (κ1) is 20.7. The van der Waals surface area contributed by atoms with Gasteiger partial charge in [0.25, 0.3) is 5.91 Å². The predicted molar refractivity (Wildman–Crippen MR) is 108 cm³/mol. The second-order valence-corrected chi connectivity index (χ2v) is 7.06. The second-order valence-electron chi connectivity index (χ2n) is 7.06. The van der Waals surface area contributed by atoms with Crippen molar-refractivity contribution in [2.75, 3.05) is 20.3 Å². The number of nitrogens with zero attached hydrogens (tertiary/aromatic N) is 2. The lowest BCUT2D eigenvalue weighted by atomic mass is 10.0. The van der Waals surface area contributed by atoms with Crippen LogP contribution in [0.3, 0.4) is 0 Å². The fourth-order valence-corrected chi connectivity index (χ4v) is 3.49.